The summed E-state index contributed by atoms with van der Waals surface area (Å²) in [6.07, 6.45) is 1.45. The van der Waals surface area contributed by atoms with Gasteiger partial charge < -0.3 is 4.42 Å². The van der Waals surface area contributed by atoms with Crippen molar-refractivity contribution < 1.29 is 9.34 Å². The van der Waals surface area contributed by atoms with Crippen molar-refractivity contribution in [2.24, 2.45) is 5.10 Å². The van der Waals surface area contributed by atoms with Crippen molar-refractivity contribution in [1.82, 2.24) is 9.55 Å². The number of fused-ring (bicyclic) bond motifs is 1. The van der Waals surface area contributed by atoms with Crippen molar-refractivity contribution in [3.05, 3.63) is 86.9 Å². The van der Waals surface area contributed by atoms with Gasteiger partial charge in [-0.15, -0.1) is 0 Å². The van der Waals surface area contributed by atoms with Crippen LogP contribution in [0.3, 0.4) is 0 Å². The molecular weight excluding hydrogens is 386 g/mol. The van der Waals surface area contributed by atoms with Crippen LogP contribution in [0.4, 0.5) is 11.6 Å². The minimum Gasteiger partial charge on any atom is -0.455 e. The van der Waals surface area contributed by atoms with Gasteiger partial charge in [0, 0.05) is 24.2 Å². The highest BCUT2D eigenvalue weighted by Gasteiger charge is 2.11. The molecule has 0 atom stereocenters. The van der Waals surface area contributed by atoms with Crippen LogP contribution in [0.1, 0.15) is 12.7 Å². The molecule has 1 N–H and O–H groups in total. The van der Waals surface area contributed by atoms with Gasteiger partial charge in [0.2, 0.25) is 5.95 Å². The number of anilines is 1. The van der Waals surface area contributed by atoms with Crippen molar-refractivity contribution in [2.75, 3.05) is 5.43 Å². The molecule has 0 aliphatic carbocycles. The molecule has 0 bridgehead atoms. The van der Waals surface area contributed by atoms with Crippen molar-refractivity contribution >= 4 is 28.8 Å². The van der Waals surface area contributed by atoms with Gasteiger partial charge in [-0.3, -0.25) is 19.5 Å². The van der Waals surface area contributed by atoms with Gasteiger partial charge in [0.05, 0.1) is 22.0 Å². The third-order valence-corrected chi connectivity index (χ3v) is 4.50. The van der Waals surface area contributed by atoms with Crippen molar-refractivity contribution in [3.63, 3.8) is 0 Å². The van der Waals surface area contributed by atoms with E-state index in [2.05, 4.69) is 15.5 Å². The smallest absolute Gasteiger partial charge is 0.270 e. The van der Waals surface area contributed by atoms with Crippen LogP contribution in [-0.4, -0.2) is 20.7 Å². The molecule has 2 heterocycles. The lowest BCUT2D eigenvalue weighted by molar-refractivity contribution is -0.384. The van der Waals surface area contributed by atoms with Gasteiger partial charge >= 0.3 is 0 Å². The molecule has 0 saturated heterocycles. The number of rotatable bonds is 6. The first-order valence-corrected chi connectivity index (χ1v) is 9.20. The lowest BCUT2D eigenvalue weighted by Crippen LogP contribution is -2.23. The molecule has 30 heavy (non-hydrogen) atoms. The zero-order valence-electron chi connectivity index (χ0n) is 16.0. The SMILES string of the molecule is CCn1c(N/N=C\c2ccc(-c3cccc([N+](=O)[O-])c3)o2)nc2ccccc2c1=O. The minimum absolute atomic E-state index is 0.0132. The van der Waals surface area contributed by atoms with Gasteiger partial charge in [-0.2, -0.15) is 5.10 Å². The molecule has 9 heteroatoms. The molecule has 0 amide bonds. The largest absolute Gasteiger partial charge is 0.455 e. The number of aromatic nitrogens is 2. The second-order valence-electron chi connectivity index (χ2n) is 6.38. The normalized spacial score (nSPS) is 11.2. The van der Waals surface area contributed by atoms with Gasteiger partial charge in [-0.1, -0.05) is 24.3 Å². The summed E-state index contributed by atoms with van der Waals surface area (Å²) in [5.41, 5.74) is 3.80. The molecule has 4 rings (SSSR count). The van der Waals surface area contributed by atoms with Gasteiger partial charge in [0.1, 0.15) is 11.5 Å². The predicted octanol–water partition coefficient (Wildman–Crippen LogP) is 4.03. The number of hydrazone groups is 1. The number of hydrogen-bond acceptors (Lipinski definition) is 7. The van der Waals surface area contributed by atoms with E-state index in [9.17, 15) is 14.9 Å². The Morgan fingerprint density at radius 1 is 1.20 bits per heavy atom. The third kappa shape index (κ3) is 3.68. The Balaban J connectivity index is 1.57. The molecule has 0 unspecified atom stereocenters. The molecule has 0 aliphatic rings. The van der Waals surface area contributed by atoms with E-state index in [1.165, 1.54) is 22.9 Å². The highest BCUT2D eigenvalue weighted by atomic mass is 16.6. The first-order valence-electron chi connectivity index (χ1n) is 9.20. The number of nitrogens with one attached hydrogen (secondary N) is 1. The number of hydrogen-bond donors (Lipinski definition) is 1. The fourth-order valence-electron chi connectivity index (χ4n) is 3.05. The van der Waals surface area contributed by atoms with E-state index < -0.39 is 4.92 Å². The van der Waals surface area contributed by atoms with E-state index >= 15 is 0 Å². The monoisotopic (exact) mass is 403 g/mol. The summed E-state index contributed by atoms with van der Waals surface area (Å²) in [6.45, 7) is 2.29. The molecule has 0 saturated carbocycles. The van der Waals surface area contributed by atoms with Crippen molar-refractivity contribution in [1.29, 1.82) is 0 Å². The van der Waals surface area contributed by atoms with Gasteiger partial charge in [-0.25, -0.2) is 10.4 Å². The van der Waals surface area contributed by atoms with Gasteiger partial charge in [0.25, 0.3) is 11.2 Å². The fraction of sp³-hybridized carbons (Fsp3) is 0.0952. The lowest BCUT2D eigenvalue weighted by atomic mass is 10.1. The summed E-state index contributed by atoms with van der Waals surface area (Å²) >= 11 is 0. The second kappa shape index (κ2) is 8.00. The van der Waals surface area contributed by atoms with E-state index in [-0.39, 0.29) is 11.2 Å². The summed E-state index contributed by atoms with van der Waals surface area (Å²) in [6, 6.07) is 16.7. The maximum atomic E-state index is 12.6. The maximum absolute atomic E-state index is 12.6. The maximum Gasteiger partial charge on any atom is 0.270 e. The van der Waals surface area contributed by atoms with Crippen LogP contribution >= 0.6 is 0 Å². The average Bonchev–Trinajstić information content (AvgIpc) is 3.23. The Hall–Kier alpha value is -4.27. The Morgan fingerprint density at radius 3 is 2.83 bits per heavy atom. The Kier molecular flexibility index (Phi) is 5.08. The summed E-state index contributed by atoms with van der Waals surface area (Å²) in [5.74, 6) is 1.24. The number of nitro benzene ring substituents is 1. The van der Waals surface area contributed by atoms with E-state index in [0.717, 1.165) is 0 Å². The Labute approximate surface area is 170 Å². The second-order valence-corrected chi connectivity index (χ2v) is 6.38. The molecule has 150 valence electrons. The van der Waals surface area contributed by atoms with Gasteiger partial charge in [0.15, 0.2) is 0 Å². The number of nitrogens with zero attached hydrogens (tertiary/aromatic N) is 4. The number of benzene rings is 2. The number of non-ortho nitro benzene ring substituents is 1. The number of furan rings is 1. The van der Waals surface area contributed by atoms with Crippen LogP contribution in [0.25, 0.3) is 22.2 Å². The number of para-hydroxylation sites is 1. The molecule has 2 aromatic heterocycles. The van der Waals surface area contributed by atoms with E-state index in [1.54, 1.807) is 42.5 Å². The first kappa shape index (κ1) is 19.1. The van der Waals surface area contributed by atoms with Crippen molar-refractivity contribution in [3.8, 4) is 11.3 Å². The highest BCUT2D eigenvalue weighted by Crippen LogP contribution is 2.25. The van der Waals surface area contributed by atoms with Crippen molar-refractivity contribution in [2.45, 2.75) is 13.5 Å². The van der Waals surface area contributed by atoms with Crippen LogP contribution < -0.4 is 11.0 Å². The van der Waals surface area contributed by atoms with E-state index in [0.29, 0.717) is 40.5 Å². The van der Waals surface area contributed by atoms with Crippen LogP contribution in [-0.2, 0) is 6.54 Å². The van der Waals surface area contributed by atoms with Crippen LogP contribution in [0, 0.1) is 10.1 Å². The zero-order chi connectivity index (χ0) is 21.1. The molecule has 2 aromatic carbocycles. The quantitative estimate of drug-likeness (QED) is 0.295. The summed E-state index contributed by atoms with van der Waals surface area (Å²) in [7, 11) is 0. The van der Waals surface area contributed by atoms with Crippen LogP contribution in [0.2, 0.25) is 0 Å². The standard InChI is InChI=1S/C21H17N5O4/c1-2-25-20(27)17-8-3-4-9-18(17)23-21(25)24-22-13-16-10-11-19(30-16)14-6-5-7-15(12-14)26(28)29/h3-13H,2H2,1H3,(H,23,24)/b22-13-. The first-order chi connectivity index (χ1) is 14.6. The van der Waals surface area contributed by atoms with E-state index in [4.69, 9.17) is 4.42 Å². The molecule has 0 spiro atoms. The fourth-order valence-corrected chi connectivity index (χ4v) is 3.05. The molecular formula is C21H17N5O4. The zero-order valence-corrected chi connectivity index (χ0v) is 16.0. The average molecular weight is 403 g/mol. The van der Waals surface area contributed by atoms with Crippen LogP contribution in [0.15, 0.2) is 75.0 Å². The van der Waals surface area contributed by atoms with Crippen LogP contribution in [0.5, 0.6) is 0 Å². The third-order valence-electron chi connectivity index (χ3n) is 4.50. The summed E-state index contributed by atoms with van der Waals surface area (Å²) < 4.78 is 7.19. The Morgan fingerprint density at radius 2 is 2.03 bits per heavy atom. The predicted molar refractivity (Wildman–Crippen MR) is 114 cm³/mol. The molecule has 0 radical (unpaired) electrons. The molecule has 4 aromatic rings. The highest BCUT2D eigenvalue weighted by molar-refractivity contribution is 5.80. The topological polar surface area (TPSA) is 116 Å². The lowest BCUT2D eigenvalue weighted by Gasteiger charge is -2.10. The Bertz CT molecular complexity index is 1320. The van der Waals surface area contributed by atoms with Gasteiger partial charge in [-0.05, 0) is 31.2 Å². The summed E-state index contributed by atoms with van der Waals surface area (Å²) in [4.78, 5) is 27.6. The van der Waals surface area contributed by atoms with E-state index in [1.807, 2.05) is 13.0 Å². The minimum atomic E-state index is -0.456. The molecule has 0 aliphatic heterocycles. The summed E-state index contributed by atoms with van der Waals surface area (Å²) in [5, 5.41) is 15.6. The number of nitro groups is 1. The molecule has 9 nitrogen and oxygen atoms in total. The molecule has 0 fully saturated rings.